The smallest absolute Gasteiger partial charge is 0.274 e. The van der Waals surface area contributed by atoms with Crippen molar-refractivity contribution in [3.8, 4) is 0 Å². The molecule has 0 radical (unpaired) electrons. The maximum absolute atomic E-state index is 12.6. The lowest BCUT2D eigenvalue weighted by atomic mass is 9.93. The molecule has 1 aliphatic heterocycles. The Morgan fingerprint density at radius 3 is 2.21 bits per heavy atom. The highest BCUT2D eigenvalue weighted by Crippen LogP contribution is 2.29. The fourth-order valence-electron chi connectivity index (χ4n) is 3.45. The summed E-state index contributed by atoms with van der Waals surface area (Å²) in [5, 5.41) is 11.2. The highest BCUT2D eigenvalue weighted by molar-refractivity contribution is 5.98. The topological polar surface area (TPSA) is 152 Å². The fraction of sp³-hybridized carbons (Fsp3) is 0.519. The van der Waals surface area contributed by atoms with Crippen LogP contribution in [0.15, 0.2) is 40.9 Å². The number of ketones is 1. The first kappa shape index (κ1) is 30.7. The van der Waals surface area contributed by atoms with Crippen LogP contribution in [0, 0.1) is 19.8 Å². The van der Waals surface area contributed by atoms with E-state index in [-0.39, 0.29) is 30.5 Å². The maximum Gasteiger partial charge on any atom is 0.274 e. The van der Waals surface area contributed by atoms with Gasteiger partial charge in [-0.3, -0.25) is 19.2 Å². The Morgan fingerprint density at radius 1 is 1.08 bits per heavy atom. The van der Waals surface area contributed by atoms with Gasteiger partial charge in [-0.1, -0.05) is 54.9 Å². The number of carbonyl (C=O) groups excluding carboxylic acids is 4. The van der Waals surface area contributed by atoms with Gasteiger partial charge in [0.25, 0.3) is 5.91 Å². The molecule has 1 aromatic heterocycles. The molecule has 1 aliphatic rings. The van der Waals surface area contributed by atoms with Gasteiger partial charge in [0.15, 0.2) is 11.5 Å². The third-order valence-electron chi connectivity index (χ3n) is 5.64. The summed E-state index contributed by atoms with van der Waals surface area (Å²) in [6, 6.07) is 9.94. The first-order valence-electron chi connectivity index (χ1n) is 12.4. The van der Waals surface area contributed by atoms with Gasteiger partial charge in [-0.05, 0) is 33.1 Å². The summed E-state index contributed by atoms with van der Waals surface area (Å²) in [6.45, 7) is 9.14. The number of methoxy groups -OCH3 is 1. The van der Waals surface area contributed by atoms with Crippen molar-refractivity contribution >= 4 is 23.5 Å². The second kappa shape index (κ2) is 14.4. The van der Waals surface area contributed by atoms with Crippen LogP contribution in [0.2, 0.25) is 0 Å². The highest BCUT2D eigenvalue weighted by atomic mass is 16.6. The molecule has 3 amide bonds. The van der Waals surface area contributed by atoms with Crippen LogP contribution in [0.25, 0.3) is 0 Å². The monoisotopic (exact) mass is 530 g/mol. The molecule has 1 aromatic carbocycles. The van der Waals surface area contributed by atoms with Crippen molar-refractivity contribution in [3.63, 3.8) is 0 Å². The summed E-state index contributed by atoms with van der Waals surface area (Å²) in [7, 11) is 1.38. The zero-order chi connectivity index (χ0) is 28.3. The molecule has 208 valence electrons. The summed E-state index contributed by atoms with van der Waals surface area (Å²) in [4.78, 5) is 49.6. The predicted octanol–water partition coefficient (Wildman–Crippen LogP) is 1.73. The highest BCUT2D eigenvalue weighted by Gasteiger charge is 2.50. The molecule has 1 fully saturated rings. The minimum Gasteiger partial charge on any atom is -0.382 e. The molecular formula is C27H38N4O7. The summed E-state index contributed by atoms with van der Waals surface area (Å²) in [6.07, 6.45) is 0.455. The average Bonchev–Trinajstić information content (AvgIpc) is 3.47. The van der Waals surface area contributed by atoms with E-state index in [0.717, 1.165) is 0 Å². The quantitative estimate of drug-likeness (QED) is 0.351. The molecule has 0 bridgehead atoms. The van der Waals surface area contributed by atoms with E-state index in [0.29, 0.717) is 18.8 Å². The number of nitrogens with zero attached hydrogens (tertiary/aromatic N) is 1. The van der Waals surface area contributed by atoms with Gasteiger partial charge in [0.05, 0.1) is 25.8 Å². The van der Waals surface area contributed by atoms with Crippen LogP contribution < -0.4 is 16.0 Å². The summed E-state index contributed by atoms with van der Waals surface area (Å²) >= 11 is 0. The van der Waals surface area contributed by atoms with Crippen molar-refractivity contribution in [2.75, 3.05) is 26.9 Å². The van der Waals surface area contributed by atoms with Crippen molar-refractivity contribution in [1.29, 1.82) is 0 Å². The van der Waals surface area contributed by atoms with Crippen LogP contribution in [0.4, 0.5) is 0 Å². The molecule has 0 unspecified atom stereocenters. The van der Waals surface area contributed by atoms with Crippen molar-refractivity contribution in [2.24, 2.45) is 5.92 Å². The van der Waals surface area contributed by atoms with Gasteiger partial charge in [-0.15, -0.1) is 0 Å². The number of aryl methyl sites for hydroxylation is 2. The molecule has 11 nitrogen and oxygen atoms in total. The molecule has 0 spiro atoms. The Labute approximate surface area is 223 Å². The number of Topliss-reactive ketones (excluding diaryl/α,β-unsaturated/α-hetero) is 1. The van der Waals surface area contributed by atoms with E-state index in [1.165, 1.54) is 18.7 Å². The van der Waals surface area contributed by atoms with Crippen LogP contribution in [-0.2, 0) is 23.9 Å². The number of benzene rings is 1. The SMILES string of the molecule is COC[C@H](NC(=O)c1cc(C)on1)C(=O)NCC(=O)N[C@@H](CC(C)C)C(=O)[C@@]1(C)CO1.Cc1ccccc1. The Kier molecular flexibility index (Phi) is 11.6. The van der Waals surface area contributed by atoms with E-state index < -0.39 is 35.4 Å². The van der Waals surface area contributed by atoms with Gasteiger partial charge in [0.2, 0.25) is 11.8 Å². The normalized spacial score (nSPS) is 17.4. The van der Waals surface area contributed by atoms with E-state index in [1.807, 2.05) is 32.0 Å². The molecule has 0 aliphatic carbocycles. The minimum absolute atomic E-state index is 0.0231. The van der Waals surface area contributed by atoms with Gasteiger partial charge >= 0.3 is 0 Å². The lowest BCUT2D eigenvalue weighted by molar-refractivity contribution is -0.131. The third-order valence-corrected chi connectivity index (χ3v) is 5.64. The van der Waals surface area contributed by atoms with E-state index in [1.54, 1.807) is 13.8 Å². The van der Waals surface area contributed by atoms with Crippen LogP contribution in [0.1, 0.15) is 49.0 Å². The van der Waals surface area contributed by atoms with Crippen molar-refractivity contribution in [1.82, 2.24) is 21.1 Å². The number of ether oxygens (including phenoxy) is 2. The number of nitrogens with one attached hydrogen (secondary N) is 3. The average molecular weight is 531 g/mol. The van der Waals surface area contributed by atoms with Gasteiger partial charge in [0, 0.05) is 13.2 Å². The van der Waals surface area contributed by atoms with E-state index in [9.17, 15) is 19.2 Å². The van der Waals surface area contributed by atoms with E-state index in [4.69, 9.17) is 14.0 Å². The predicted molar refractivity (Wildman–Crippen MR) is 139 cm³/mol. The Bertz CT molecular complexity index is 1080. The number of carbonyl (C=O) groups is 4. The zero-order valence-electron chi connectivity index (χ0n) is 22.8. The number of hydrogen-bond donors (Lipinski definition) is 3. The fourth-order valence-corrected chi connectivity index (χ4v) is 3.45. The maximum atomic E-state index is 12.6. The van der Waals surface area contributed by atoms with Crippen LogP contribution >= 0.6 is 0 Å². The van der Waals surface area contributed by atoms with Crippen LogP contribution in [0.3, 0.4) is 0 Å². The molecular weight excluding hydrogens is 492 g/mol. The molecule has 3 rings (SSSR count). The van der Waals surface area contributed by atoms with Crippen molar-refractivity contribution < 1.29 is 33.2 Å². The molecule has 2 heterocycles. The van der Waals surface area contributed by atoms with Crippen molar-refractivity contribution in [2.45, 2.75) is 58.7 Å². The number of aromatic nitrogens is 1. The number of epoxide rings is 1. The molecule has 11 heteroatoms. The molecule has 0 saturated carbocycles. The van der Waals surface area contributed by atoms with Crippen LogP contribution in [-0.4, -0.2) is 73.2 Å². The lowest BCUT2D eigenvalue weighted by Gasteiger charge is -2.22. The largest absolute Gasteiger partial charge is 0.382 e. The molecule has 1 saturated heterocycles. The third kappa shape index (κ3) is 10.1. The lowest BCUT2D eigenvalue weighted by Crippen LogP contribution is -2.53. The number of hydrogen-bond acceptors (Lipinski definition) is 8. The minimum atomic E-state index is -1.05. The summed E-state index contributed by atoms with van der Waals surface area (Å²) < 4.78 is 15.0. The summed E-state index contributed by atoms with van der Waals surface area (Å²) in [5.41, 5.74) is 0.487. The Morgan fingerprint density at radius 2 is 1.74 bits per heavy atom. The molecule has 2 aromatic rings. The first-order chi connectivity index (χ1) is 17.9. The Hall–Kier alpha value is -3.57. The zero-order valence-corrected chi connectivity index (χ0v) is 22.8. The van der Waals surface area contributed by atoms with Crippen LogP contribution in [0.5, 0.6) is 0 Å². The van der Waals surface area contributed by atoms with Crippen molar-refractivity contribution in [3.05, 3.63) is 53.4 Å². The Balaban J connectivity index is 0.000000624. The van der Waals surface area contributed by atoms with Gasteiger partial charge in [-0.2, -0.15) is 0 Å². The number of amides is 3. The second-order valence-corrected chi connectivity index (χ2v) is 9.81. The number of rotatable bonds is 12. The second-order valence-electron chi connectivity index (χ2n) is 9.81. The standard InChI is InChI=1S/C20H30N4O7.C7H8/c1-11(2)6-13(17(26)20(4)10-30-20)22-16(25)8-21-18(27)15(9-29-5)23-19(28)14-7-12(3)31-24-14;1-7-5-3-2-4-6-7/h7,11,13,15H,6,8-10H2,1-5H3,(H,21,27)(H,22,25)(H,23,28);2-6H,1H3/t13-,15-,20+;/m0./s1. The van der Waals surface area contributed by atoms with Gasteiger partial charge < -0.3 is 29.9 Å². The molecule has 3 atom stereocenters. The first-order valence-corrected chi connectivity index (χ1v) is 12.4. The summed E-state index contributed by atoms with van der Waals surface area (Å²) in [5.74, 6) is -1.31. The van der Waals surface area contributed by atoms with E-state index >= 15 is 0 Å². The van der Waals surface area contributed by atoms with E-state index in [2.05, 4.69) is 40.2 Å². The van der Waals surface area contributed by atoms with Gasteiger partial charge in [-0.25, -0.2) is 0 Å². The molecule has 3 N–H and O–H groups in total. The molecule has 38 heavy (non-hydrogen) atoms. The van der Waals surface area contributed by atoms with Gasteiger partial charge in [0.1, 0.15) is 17.4 Å².